The number of carboxylic acids is 1. The second-order valence-electron chi connectivity index (χ2n) is 3.47. The van der Waals surface area contributed by atoms with Crippen molar-refractivity contribution in [2.45, 2.75) is 4.90 Å². The van der Waals surface area contributed by atoms with Crippen LogP contribution in [0.3, 0.4) is 0 Å². The number of thioether (sulfide) groups is 1. The molecule has 0 fully saturated rings. The third kappa shape index (κ3) is 1.32. The van der Waals surface area contributed by atoms with Crippen molar-refractivity contribution in [1.82, 2.24) is 0 Å². The number of para-hydroxylation sites is 1. The molecule has 5 heteroatoms. The lowest BCUT2D eigenvalue weighted by molar-refractivity contribution is -0.132. The van der Waals surface area contributed by atoms with Gasteiger partial charge >= 0.3 is 5.97 Å². The molecule has 1 aromatic carbocycles. The summed E-state index contributed by atoms with van der Waals surface area (Å²) in [5, 5.41) is 9.62. The molecule has 0 aliphatic carbocycles. The Bertz CT molecular complexity index is 537. The summed E-state index contributed by atoms with van der Waals surface area (Å²) in [5.74, 6) is -0.969. The topological polar surface area (TPSA) is 52.9 Å². The lowest BCUT2D eigenvalue weighted by Gasteiger charge is -2.20. The number of carbonyl (C=O) groups is 1. The number of fused-ring (bicyclic) bond motifs is 3. The van der Waals surface area contributed by atoms with Crippen LogP contribution < -0.4 is 4.90 Å². The van der Waals surface area contributed by atoms with Gasteiger partial charge in [0.25, 0.3) is 0 Å². The number of amidine groups is 1. The van der Waals surface area contributed by atoms with E-state index in [-0.39, 0.29) is 5.70 Å². The summed E-state index contributed by atoms with van der Waals surface area (Å²) in [5.41, 5.74) is 1.23. The molecule has 0 saturated carbocycles. The van der Waals surface area contributed by atoms with E-state index in [1.807, 2.05) is 29.2 Å². The zero-order valence-corrected chi connectivity index (χ0v) is 9.07. The molecule has 2 heterocycles. The van der Waals surface area contributed by atoms with Crippen molar-refractivity contribution in [1.29, 1.82) is 0 Å². The van der Waals surface area contributed by atoms with Crippen LogP contribution in [0.1, 0.15) is 0 Å². The van der Waals surface area contributed by atoms with Gasteiger partial charge in [0, 0.05) is 11.4 Å². The van der Waals surface area contributed by atoms with Gasteiger partial charge in [0.05, 0.1) is 5.69 Å². The van der Waals surface area contributed by atoms with E-state index >= 15 is 0 Å². The molecule has 0 amide bonds. The van der Waals surface area contributed by atoms with Crippen molar-refractivity contribution in [2.24, 2.45) is 4.99 Å². The highest BCUT2D eigenvalue weighted by Gasteiger charge is 2.29. The highest BCUT2D eigenvalue weighted by atomic mass is 32.2. The summed E-state index contributed by atoms with van der Waals surface area (Å²) in [7, 11) is 0. The third-order valence-electron chi connectivity index (χ3n) is 2.49. The molecule has 0 radical (unpaired) electrons. The molecule has 0 bridgehead atoms. The standard InChI is InChI=1S/C11H8N2O2S/c14-10(15)7-5-6-13-8-3-1-2-4-9(8)16-11(13)12-7/h1-5H,6H2,(H,14,15). The predicted octanol–water partition coefficient (Wildman–Crippen LogP) is 1.94. The summed E-state index contributed by atoms with van der Waals surface area (Å²) in [6.07, 6.45) is 1.63. The minimum absolute atomic E-state index is 0.131. The van der Waals surface area contributed by atoms with E-state index in [1.165, 1.54) is 11.8 Å². The van der Waals surface area contributed by atoms with Crippen LogP contribution in [-0.2, 0) is 4.79 Å². The fraction of sp³-hybridized carbons (Fsp3) is 0.0909. The Balaban J connectivity index is 2.01. The summed E-state index contributed by atoms with van der Waals surface area (Å²) < 4.78 is 0. The number of carboxylic acid groups (broad SMARTS) is 1. The van der Waals surface area contributed by atoms with Gasteiger partial charge in [0.1, 0.15) is 5.70 Å². The van der Waals surface area contributed by atoms with Crippen LogP contribution in [0.4, 0.5) is 5.69 Å². The van der Waals surface area contributed by atoms with Crippen LogP contribution in [0.5, 0.6) is 0 Å². The highest BCUT2D eigenvalue weighted by Crippen LogP contribution is 2.41. The molecule has 0 aromatic heterocycles. The van der Waals surface area contributed by atoms with Crippen molar-refractivity contribution < 1.29 is 9.90 Å². The minimum atomic E-state index is -0.969. The molecule has 0 saturated heterocycles. The zero-order valence-electron chi connectivity index (χ0n) is 8.25. The third-order valence-corrected chi connectivity index (χ3v) is 3.55. The highest BCUT2D eigenvalue weighted by molar-refractivity contribution is 8.14. The SMILES string of the molecule is O=C(O)C1=CCN2C(=N1)Sc1ccccc12. The van der Waals surface area contributed by atoms with Gasteiger partial charge in [-0.25, -0.2) is 9.79 Å². The van der Waals surface area contributed by atoms with Crippen molar-refractivity contribution in [2.75, 3.05) is 11.4 Å². The number of anilines is 1. The van der Waals surface area contributed by atoms with E-state index < -0.39 is 5.97 Å². The molecule has 2 aliphatic rings. The average Bonchev–Trinajstić information content (AvgIpc) is 2.66. The summed E-state index contributed by atoms with van der Waals surface area (Å²) >= 11 is 1.51. The van der Waals surface area contributed by atoms with Gasteiger partial charge in [0.15, 0.2) is 5.17 Å². The average molecular weight is 232 g/mol. The molecule has 1 aromatic rings. The van der Waals surface area contributed by atoms with Crippen molar-refractivity contribution in [3.05, 3.63) is 36.0 Å². The Morgan fingerprint density at radius 2 is 2.25 bits per heavy atom. The molecular formula is C11H8N2O2S. The fourth-order valence-electron chi connectivity index (χ4n) is 1.74. The quantitative estimate of drug-likeness (QED) is 0.804. The van der Waals surface area contributed by atoms with E-state index in [9.17, 15) is 4.79 Å². The maximum atomic E-state index is 10.8. The largest absolute Gasteiger partial charge is 0.477 e. The molecule has 16 heavy (non-hydrogen) atoms. The van der Waals surface area contributed by atoms with Crippen LogP contribution in [0, 0.1) is 0 Å². The Morgan fingerprint density at radius 1 is 1.44 bits per heavy atom. The normalized spacial score (nSPS) is 17.4. The number of hydrogen-bond donors (Lipinski definition) is 1. The van der Waals surface area contributed by atoms with E-state index in [2.05, 4.69) is 4.99 Å². The molecule has 2 aliphatic heterocycles. The Kier molecular flexibility index (Phi) is 2.00. The lowest BCUT2D eigenvalue weighted by atomic mass is 10.2. The second-order valence-corrected chi connectivity index (χ2v) is 4.48. The van der Waals surface area contributed by atoms with Gasteiger partial charge in [0.2, 0.25) is 0 Å². The van der Waals surface area contributed by atoms with Crippen LogP contribution in [0.2, 0.25) is 0 Å². The van der Waals surface area contributed by atoms with E-state index in [0.29, 0.717) is 6.54 Å². The molecule has 80 valence electrons. The summed E-state index contributed by atoms with van der Waals surface area (Å²) in [6.45, 7) is 0.574. The molecule has 3 rings (SSSR count). The monoisotopic (exact) mass is 232 g/mol. The van der Waals surface area contributed by atoms with Gasteiger partial charge in [-0.15, -0.1) is 0 Å². The van der Waals surface area contributed by atoms with Crippen LogP contribution in [-0.4, -0.2) is 22.8 Å². The predicted molar refractivity (Wildman–Crippen MR) is 62.8 cm³/mol. The maximum Gasteiger partial charge on any atom is 0.354 e. The van der Waals surface area contributed by atoms with Gasteiger partial charge in [-0.2, -0.15) is 0 Å². The maximum absolute atomic E-state index is 10.8. The smallest absolute Gasteiger partial charge is 0.354 e. The number of nitrogens with zero attached hydrogens (tertiary/aromatic N) is 2. The molecule has 1 N–H and O–H groups in total. The molecule has 0 unspecified atom stereocenters. The molecule has 0 spiro atoms. The number of aliphatic carboxylic acids is 1. The van der Waals surface area contributed by atoms with Crippen molar-refractivity contribution in [3.8, 4) is 0 Å². The Morgan fingerprint density at radius 3 is 3.06 bits per heavy atom. The fourth-order valence-corrected chi connectivity index (χ4v) is 2.80. The van der Waals surface area contributed by atoms with Gasteiger partial charge in [-0.3, -0.25) is 0 Å². The first kappa shape index (κ1) is 9.47. The number of aliphatic imine (C=N–C) groups is 1. The van der Waals surface area contributed by atoms with Gasteiger partial charge < -0.3 is 10.0 Å². The molecule has 0 atom stereocenters. The van der Waals surface area contributed by atoms with Crippen molar-refractivity contribution >= 4 is 28.6 Å². The first-order valence-corrected chi connectivity index (χ1v) is 5.64. The number of hydrogen-bond acceptors (Lipinski definition) is 4. The van der Waals surface area contributed by atoms with Gasteiger partial charge in [-0.05, 0) is 30.0 Å². The van der Waals surface area contributed by atoms with E-state index in [4.69, 9.17) is 5.11 Å². The van der Waals surface area contributed by atoms with Crippen LogP contribution >= 0.6 is 11.8 Å². The van der Waals surface area contributed by atoms with Gasteiger partial charge in [-0.1, -0.05) is 12.1 Å². The Hall–Kier alpha value is -1.75. The first-order chi connectivity index (χ1) is 7.75. The molecule has 4 nitrogen and oxygen atoms in total. The number of benzene rings is 1. The molecular weight excluding hydrogens is 224 g/mol. The second kappa shape index (κ2) is 3.38. The Labute approximate surface area is 96.3 Å². The van der Waals surface area contributed by atoms with Crippen molar-refractivity contribution in [3.63, 3.8) is 0 Å². The lowest BCUT2D eigenvalue weighted by Crippen LogP contribution is -2.28. The zero-order chi connectivity index (χ0) is 11.1. The minimum Gasteiger partial charge on any atom is -0.477 e. The van der Waals surface area contributed by atoms with Crippen LogP contribution in [0.15, 0.2) is 45.9 Å². The summed E-state index contributed by atoms with van der Waals surface area (Å²) in [4.78, 5) is 18.1. The van der Waals surface area contributed by atoms with E-state index in [1.54, 1.807) is 6.08 Å². The number of rotatable bonds is 1. The first-order valence-electron chi connectivity index (χ1n) is 4.82. The van der Waals surface area contributed by atoms with Crippen LogP contribution in [0.25, 0.3) is 0 Å². The van der Waals surface area contributed by atoms with E-state index in [0.717, 1.165) is 15.8 Å². The summed E-state index contributed by atoms with van der Waals surface area (Å²) in [6, 6.07) is 7.97.